The molecular formula is C35H68O5. The predicted molar refractivity (Wildman–Crippen MR) is 168 cm³/mol. The summed E-state index contributed by atoms with van der Waals surface area (Å²) < 4.78 is 10.4. The van der Waals surface area contributed by atoms with Crippen LogP contribution in [-0.4, -0.2) is 36.4 Å². The van der Waals surface area contributed by atoms with Gasteiger partial charge in [-0.25, -0.2) is 0 Å². The van der Waals surface area contributed by atoms with E-state index in [1.165, 1.54) is 122 Å². The average molecular weight is 569 g/mol. The zero-order chi connectivity index (χ0) is 29.5. The Morgan fingerprint density at radius 1 is 0.525 bits per heavy atom. The second-order valence-electron chi connectivity index (χ2n) is 12.2. The summed E-state index contributed by atoms with van der Waals surface area (Å²) in [7, 11) is 0. The monoisotopic (exact) mass is 569 g/mol. The molecule has 5 nitrogen and oxygen atoms in total. The Hall–Kier alpha value is -1.10. The van der Waals surface area contributed by atoms with Crippen LogP contribution in [0.5, 0.6) is 0 Å². The van der Waals surface area contributed by atoms with E-state index in [1.54, 1.807) is 0 Å². The zero-order valence-electron chi connectivity index (χ0n) is 27.0. The van der Waals surface area contributed by atoms with Crippen molar-refractivity contribution in [1.29, 1.82) is 0 Å². The van der Waals surface area contributed by atoms with E-state index in [9.17, 15) is 14.7 Å². The molecule has 238 valence electrons. The third-order valence-electron chi connectivity index (χ3n) is 7.98. The van der Waals surface area contributed by atoms with E-state index in [2.05, 4.69) is 13.8 Å². The van der Waals surface area contributed by atoms with Gasteiger partial charge in [0.15, 0.2) is 0 Å². The summed E-state index contributed by atoms with van der Waals surface area (Å²) in [6.07, 6.45) is 31.0. The number of hydrogen-bond acceptors (Lipinski definition) is 5. The number of carbonyl (C=O) groups excluding carboxylic acids is 2. The van der Waals surface area contributed by atoms with Gasteiger partial charge in [0.2, 0.25) is 0 Å². The second kappa shape index (κ2) is 30.8. The quantitative estimate of drug-likeness (QED) is 0.0665. The van der Waals surface area contributed by atoms with Crippen LogP contribution in [-0.2, 0) is 19.1 Å². The van der Waals surface area contributed by atoms with Gasteiger partial charge in [0.05, 0.1) is 5.92 Å². The minimum atomic E-state index is -0.964. The number of aliphatic hydroxyl groups excluding tert-OH is 1. The maximum Gasteiger partial charge on any atom is 0.308 e. The molecule has 40 heavy (non-hydrogen) atoms. The van der Waals surface area contributed by atoms with Crippen LogP contribution < -0.4 is 0 Å². The minimum Gasteiger partial charge on any atom is -0.463 e. The fraction of sp³-hybridized carbons (Fsp3) is 0.943. The summed E-state index contributed by atoms with van der Waals surface area (Å²) in [6.45, 7) is 6.17. The molecule has 1 unspecified atom stereocenters. The number of unbranched alkanes of at least 4 members (excludes halogenated alkanes) is 22. The van der Waals surface area contributed by atoms with E-state index in [0.29, 0.717) is 6.42 Å². The molecule has 0 bridgehead atoms. The van der Waals surface area contributed by atoms with E-state index in [1.807, 2.05) is 6.92 Å². The van der Waals surface area contributed by atoms with Gasteiger partial charge in [-0.05, 0) is 12.8 Å². The van der Waals surface area contributed by atoms with E-state index < -0.39 is 6.10 Å². The van der Waals surface area contributed by atoms with E-state index in [0.717, 1.165) is 38.5 Å². The standard InChI is InChI=1S/C35H68O5/c1-4-6-8-10-12-14-16-17-19-20-22-24-26-28-32(3)35(38)40-31-33(36)30-39-34(37)29-27-25-23-21-18-15-13-11-9-7-5-2/h32-33,36H,4-31H2,1-3H3/t32?,33-/m0/s1. The lowest BCUT2D eigenvalue weighted by Crippen LogP contribution is -2.27. The van der Waals surface area contributed by atoms with Gasteiger partial charge >= 0.3 is 11.9 Å². The van der Waals surface area contributed by atoms with Gasteiger partial charge in [-0.1, -0.05) is 168 Å². The summed E-state index contributed by atoms with van der Waals surface area (Å²) in [5.41, 5.74) is 0. The van der Waals surface area contributed by atoms with Crippen molar-refractivity contribution in [2.75, 3.05) is 13.2 Å². The van der Waals surface area contributed by atoms with Gasteiger partial charge in [-0.3, -0.25) is 9.59 Å². The molecule has 0 radical (unpaired) electrons. The van der Waals surface area contributed by atoms with Crippen LogP contribution in [0.25, 0.3) is 0 Å². The average Bonchev–Trinajstić information content (AvgIpc) is 2.95. The maximum atomic E-state index is 12.2. The molecule has 0 fully saturated rings. The van der Waals surface area contributed by atoms with Crippen molar-refractivity contribution in [1.82, 2.24) is 0 Å². The van der Waals surface area contributed by atoms with Gasteiger partial charge in [0.1, 0.15) is 19.3 Å². The number of carbonyl (C=O) groups is 2. The first-order valence-electron chi connectivity index (χ1n) is 17.5. The largest absolute Gasteiger partial charge is 0.463 e. The van der Waals surface area contributed by atoms with Crippen LogP contribution in [0, 0.1) is 5.92 Å². The highest BCUT2D eigenvalue weighted by molar-refractivity contribution is 5.72. The molecule has 0 spiro atoms. The van der Waals surface area contributed by atoms with Crippen LogP contribution in [0.15, 0.2) is 0 Å². The van der Waals surface area contributed by atoms with Crippen molar-refractivity contribution in [3.63, 3.8) is 0 Å². The summed E-state index contributed by atoms with van der Waals surface area (Å²) >= 11 is 0. The van der Waals surface area contributed by atoms with Gasteiger partial charge < -0.3 is 14.6 Å². The second-order valence-corrected chi connectivity index (χ2v) is 12.2. The Kier molecular flexibility index (Phi) is 30.0. The van der Waals surface area contributed by atoms with Crippen molar-refractivity contribution in [3.8, 4) is 0 Å². The molecule has 0 aromatic carbocycles. The lowest BCUT2D eigenvalue weighted by molar-refractivity contribution is -0.155. The maximum absolute atomic E-state index is 12.2. The normalized spacial score (nSPS) is 12.8. The van der Waals surface area contributed by atoms with Crippen LogP contribution in [0.2, 0.25) is 0 Å². The Morgan fingerprint density at radius 2 is 0.875 bits per heavy atom. The molecule has 0 aliphatic rings. The molecule has 0 aromatic rings. The molecule has 0 saturated heterocycles. The Labute approximate surface area is 248 Å². The summed E-state index contributed by atoms with van der Waals surface area (Å²) in [6, 6.07) is 0. The van der Waals surface area contributed by atoms with Crippen LogP contribution in [0.1, 0.15) is 188 Å². The Morgan fingerprint density at radius 3 is 1.30 bits per heavy atom. The molecule has 0 aliphatic carbocycles. The van der Waals surface area contributed by atoms with Crippen LogP contribution >= 0.6 is 0 Å². The number of esters is 2. The van der Waals surface area contributed by atoms with Crippen molar-refractivity contribution in [2.45, 2.75) is 194 Å². The number of aliphatic hydroxyl groups is 1. The number of ether oxygens (including phenoxy) is 2. The zero-order valence-corrected chi connectivity index (χ0v) is 27.0. The molecule has 5 heteroatoms. The highest BCUT2D eigenvalue weighted by Gasteiger charge is 2.17. The number of hydrogen-bond donors (Lipinski definition) is 1. The molecule has 0 saturated carbocycles. The highest BCUT2D eigenvalue weighted by Crippen LogP contribution is 2.16. The van der Waals surface area contributed by atoms with E-state index in [-0.39, 0.29) is 31.1 Å². The molecule has 0 aliphatic heterocycles. The fourth-order valence-electron chi connectivity index (χ4n) is 5.15. The summed E-state index contributed by atoms with van der Waals surface area (Å²) in [4.78, 5) is 24.1. The molecule has 2 atom stereocenters. The lowest BCUT2D eigenvalue weighted by atomic mass is 10.0. The first-order chi connectivity index (χ1) is 19.5. The van der Waals surface area contributed by atoms with E-state index >= 15 is 0 Å². The SMILES string of the molecule is CCCCCCCCCCCCCCCC(C)C(=O)OC[C@@H](O)COC(=O)CCCCCCCCCCCCC. The summed E-state index contributed by atoms with van der Waals surface area (Å²) in [5, 5.41) is 10.0. The minimum absolute atomic E-state index is 0.114. The fourth-order valence-corrected chi connectivity index (χ4v) is 5.15. The third-order valence-corrected chi connectivity index (χ3v) is 7.98. The molecule has 0 rings (SSSR count). The predicted octanol–water partition coefficient (Wildman–Crippen LogP) is 10.3. The van der Waals surface area contributed by atoms with Crippen molar-refractivity contribution in [3.05, 3.63) is 0 Å². The molecule has 1 N–H and O–H groups in total. The Bertz CT molecular complexity index is 550. The van der Waals surface area contributed by atoms with Crippen molar-refractivity contribution in [2.24, 2.45) is 5.92 Å². The first kappa shape index (κ1) is 38.9. The topological polar surface area (TPSA) is 72.8 Å². The van der Waals surface area contributed by atoms with Gasteiger partial charge in [-0.15, -0.1) is 0 Å². The van der Waals surface area contributed by atoms with Crippen molar-refractivity contribution < 1.29 is 24.2 Å². The summed E-state index contributed by atoms with van der Waals surface area (Å²) in [5.74, 6) is -0.717. The molecular weight excluding hydrogens is 500 g/mol. The Balaban J connectivity index is 3.53. The van der Waals surface area contributed by atoms with Crippen molar-refractivity contribution >= 4 is 11.9 Å². The first-order valence-corrected chi connectivity index (χ1v) is 17.5. The van der Waals surface area contributed by atoms with Gasteiger partial charge in [0.25, 0.3) is 0 Å². The molecule has 0 heterocycles. The third kappa shape index (κ3) is 28.4. The molecule has 0 amide bonds. The highest BCUT2D eigenvalue weighted by atomic mass is 16.6. The van der Waals surface area contributed by atoms with Gasteiger partial charge in [0, 0.05) is 6.42 Å². The lowest BCUT2D eigenvalue weighted by Gasteiger charge is -2.15. The smallest absolute Gasteiger partial charge is 0.308 e. The number of rotatable bonds is 31. The molecule has 0 aromatic heterocycles. The van der Waals surface area contributed by atoms with Crippen LogP contribution in [0.4, 0.5) is 0 Å². The van der Waals surface area contributed by atoms with Gasteiger partial charge in [-0.2, -0.15) is 0 Å². The van der Waals surface area contributed by atoms with Crippen LogP contribution in [0.3, 0.4) is 0 Å². The van der Waals surface area contributed by atoms with E-state index in [4.69, 9.17) is 9.47 Å².